The van der Waals surface area contributed by atoms with Gasteiger partial charge in [-0.25, -0.2) is 9.78 Å². The van der Waals surface area contributed by atoms with Gasteiger partial charge in [-0.2, -0.15) is 9.78 Å². The van der Waals surface area contributed by atoms with Gasteiger partial charge in [0.05, 0.1) is 11.4 Å². The molecule has 2 aromatic carbocycles. The Hall–Kier alpha value is -4.60. The lowest BCUT2D eigenvalue weighted by molar-refractivity contribution is 0.174. The highest BCUT2D eigenvalue weighted by Crippen LogP contribution is 2.34. The molecule has 10 heteroatoms. The van der Waals surface area contributed by atoms with Crippen molar-refractivity contribution < 1.29 is 14.3 Å². The topological polar surface area (TPSA) is 123 Å². The summed E-state index contributed by atoms with van der Waals surface area (Å²) in [6.45, 7) is 0.151. The standard InChI is InChI=1S/C24H20N6O4/c31-22-16-7-4-8-17(16)26-23(28-22)30-21(12-18(29-30)14-5-2-1-3-6-14)27-24(32)25-15-9-10-19-20(11-15)34-13-33-19/h1-3,5-6,9-12H,4,7-8,13H2,(H2,25,27,32)(H,26,28,31). The molecular formula is C24H20N6O4. The number of H-pyrrole nitrogens is 1. The summed E-state index contributed by atoms with van der Waals surface area (Å²) in [6, 6.07) is 16.0. The third-order valence-corrected chi connectivity index (χ3v) is 5.78. The number of carbonyl (C=O) groups is 1. The van der Waals surface area contributed by atoms with Gasteiger partial charge < -0.3 is 14.8 Å². The number of rotatable bonds is 4. The molecule has 2 amide bonds. The van der Waals surface area contributed by atoms with E-state index in [9.17, 15) is 9.59 Å². The van der Waals surface area contributed by atoms with Crippen molar-refractivity contribution in [1.82, 2.24) is 19.7 Å². The zero-order valence-corrected chi connectivity index (χ0v) is 18.0. The van der Waals surface area contributed by atoms with Crippen LogP contribution in [0.1, 0.15) is 17.7 Å². The van der Waals surface area contributed by atoms with Crippen LogP contribution in [0.15, 0.2) is 59.4 Å². The summed E-state index contributed by atoms with van der Waals surface area (Å²) in [7, 11) is 0. The van der Waals surface area contributed by atoms with Crippen molar-refractivity contribution >= 4 is 17.5 Å². The predicted octanol–water partition coefficient (Wildman–Crippen LogP) is 3.48. The van der Waals surface area contributed by atoms with E-state index in [2.05, 4.69) is 25.7 Å². The quantitative estimate of drug-likeness (QED) is 0.432. The molecule has 1 aliphatic carbocycles. The molecule has 3 N–H and O–H groups in total. The third-order valence-electron chi connectivity index (χ3n) is 5.78. The summed E-state index contributed by atoms with van der Waals surface area (Å²) in [6.07, 6.45) is 2.36. The number of aromatic nitrogens is 4. The lowest BCUT2D eigenvalue weighted by Gasteiger charge is -2.10. The summed E-state index contributed by atoms with van der Waals surface area (Å²) in [5.74, 6) is 1.81. The second-order valence-corrected chi connectivity index (χ2v) is 8.01. The molecule has 6 rings (SSSR count). The molecule has 0 saturated heterocycles. The van der Waals surface area contributed by atoms with Crippen LogP contribution in [0.3, 0.4) is 0 Å². The molecule has 2 aromatic heterocycles. The molecule has 0 unspecified atom stereocenters. The first-order valence-electron chi connectivity index (χ1n) is 10.9. The van der Waals surface area contributed by atoms with Crippen molar-refractivity contribution in [2.45, 2.75) is 19.3 Å². The number of nitrogens with one attached hydrogen (secondary N) is 3. The molecule has 0 radical (unpaired) electrons. The van der Waals surface area contributed by atoms with Gasteiger partial charge in [0.2, 0.25) is 12.7 Å². The Balaban J connectivity index is 1.34. The van der Waals surface area contributed by atoms with Gasteiger partial charge in [0, 0.05) is 28.9 Å². The predicted molar refractivity (Wildman–Crippen MR) is 125 cm³/mol. The molecule has 0 atom stereocenters. The van der Waals surface area contributed by atoms with Crippen molar-refractivity contribution in [3.05, 3.63) is 76.2 Å². The van der Waals surface area contributed by atoms with Gasteiger partial charge in [0.25, 0.3) is 5.56 Å². The molecule has 0 spiro atoms. The van der Waals surface area contributed by atoms with Gasteiger partial charge in [0.15, 0.2) is 11.5 Å². The first-order valence-corrected chi connectivity index (χ1v) is 10.9. The number of urea groups is 1. The SMILES string of the molecule is O=C(Nc1ccc2c(c1)OCO2)Nc1cc(-c2ccccc2)nn1-c1nc2c(c(=O)[nH]1)CCC2. The van der Waals surface area contributed by atoms with Crippen LogP contribution in [-0.2, 0) is 12.8 Å². The smallest absolute Gasteiger partial charge is 0.324 e. The maximum absolute atomic E-state index is 12.8. The number of aryl methyl sites for hydroxylation is 1. The van der Waals surface area contributed by atoms with Crippen LogP contribution in [0.5, 0.6) is 11.5 Å². The second-order valence-electron chi connectivity index (χ2n) is 8.01. The Bertz CT molecular complexity index is 1460. The van der Waals surface area contributed by atoms with Gasteiger partial charge in [-0.05, 0) is 31.4 Å². The highest BCUT2D eigenvalue weighted by Gasteiger charge is 2.21. The number of anilines is 2. The number of nitrogens with zero attached hydrogens (tertiary/aromatic N) is 3. The summed E-state index contributed by atoms with van der Waals surface area (Å²) >= 11 is 0. The normalized spacial score (nSPS) is 13.5. The van der Waals surface area contributed by atoms with E-state index in [0.717, 1.165) is 30.5 Å². The minimum absolute atomic E-state index is 0.151. The Morgan fingerprint density at radius 2 is 1.85 bits per heavy atom. The number of aromatic amines is 1. The molecular weight excluding hydrogens is 436 g/mol. The minimum Gasteiger partial charge on any atom is -0.454 e. The van der Waals surface area contributed by atoms with Crippen molar-refractivity contribution in [2.24, 2.45) is 0 Å². The highest BCUT2D eigenvalue weighted by atomic mass is 16.7. The molecule has 3 heterocycles. The molecule has 1 aliphatic heterocycles. The summed E-state index contributed by atoms with van der Waals surface area (Å²) in [5, 5.41) is 10.2. The molecule has 34 heavy (non-hydrogen) atoms. The highest BCUT2D eigenvalue weighted by molar-refractivity contribution is 5.99. The van der Waals surface area contributed by atoms with E-state index in [4.69, 9.17) is 9.47 Å². The second kappa shape index (κ2) is 8.07. The van der Waals surface area contributed by atoms with Gasteiger partial charge in [-0.1, -0.05) is 30.3 Å². The van der Waals surface area contributed by atoms with Crippen LogP contribution >= 0.6 is 0 Å². The van der Waals surface area contributed by atoms with Gasteiger partial charge in [-0.15, -0.1) is 0 Å². The van der Waals surface area contributed by atoms with Crippen molar-refractivity contribution in [3.63, 3.8) is 0 Å². The van der Waals surface area contributed by atoms with Crippen LogP contribution in [-0.4, -0.2) is 32.6 Å². The number of carbonyl (C=O) groups excluding carboxylic acids is 1. The first-order chi connectivity index (χ1) is 16.6. The monoisotopic (exact) mass is 456 g/mol. The fraction of sp³-hybridized carbons (Fsp3) is 0.167. The van der Waals surface area contributed by atoms with E-state index in [0.29, 0.717) is 34.3 Å². The van der Waals surface area contributed by atoms with Gasteiger partial charge in [-0.3, -0.25) is 15.1 Å². The number of hydrogen-bond donors (Lipinski definition) is 3. The largest absolute Gasteiger partial charge is 0.454 e. The van der Waals surface area contributed by atoms with E-state index >= 15 is 0 Å². The van der Waals surface area contributed by atoms with Crippen LogP contribution in [0.2, 0.25) is 0 Å². The van der Waals surface area contributed by atoms with E-state index in [-0.39, 0.29) is 18.3 Å². The van der Waals surface area contributed by atoms with Crippen molar-refractivity contribution in [2.75, 3.05) is 17.4 Å². The maximum Gasteiger partial charge on any atom is 0.324 e. The fourth-order valence-electron chi connectivity index (χ4n) is 4.16. The Labute approximate surface area is 193 Å². The number of fused-ring (bicyclic) bond motifs is 2. The van der Waals surface area contributed by atoms with Crippen molar-refractivity contribution in [1.29, 1.82) is 0 Å². The van der Waals surface area contributed by atoms with Crippen LogP contribution < -0.4 is 25.7 Å². The Morgan fingerprint density at radius 3 is 2.74 bits per heavy atom. The number of ether oxygens (including phenoxy) is 2. The number of hydrogen-bond acceptors (Lipinski definition) is 6. The molecule has 0 saturated carbocycles. The molecule has 10 nitrogen and oxygen atoms in total. The van der Waals surface area contributed by atoms with E-state index in [1.165, 1.54) is 4.68 Å². The van der Waals surface area contributed by atoms with E-state index < -0.39 is 6.03 Å². The van der Waals surface area contributed by atoms with Crippen LogP contribution in [0.25, 0.3) is 17.2 Å². The Morgan fingerprint density at radius 1 is 1.00 bits per heavy atom. The zero-order valence-electron chi connectivity index (χ0n) is 18.0. The molecule has 2 aliphatic rings. The third kappa shape index (κ3) is 3.64. The molecule has 4 aromatic rings. The molecule has 170 valence electrons. The fourth-order valence-corrected chi connectivity index (χ4v) is 4.16. The van der Waals surface area contributed by atoms with Crippen molar-refractivity contribution in [3.8, 4) is 28.7 Å². The van der Waals surface area contributed by atoms with Crippen LogP contribution in [0, 0.1) is 0 Å². The van der Waals surface area contributed by atoms with E-state index in [1.54, 1.807) is 24.3 Å². The minimum atomic E-state index is -0.483. The first kappa shape index (κ1) is 20.0. The number of benzene rings is 2. The lowest BCUT2D eigenvalue weighted by atomic mass is 10.2. The summed E-state index contributed by atoms with van der Waals surface area (Å²) in [4.78, 5) is 32.9. The average molecular weight is 456 g/mol. The zero-order chi connectivity index (χ0) is 23.1. The van der Waals surface area contributed by atoms with E-state index in [1.807, 2.05) is 30.3 Å². The lowest BCUT2D eigenvalue weighted by Crippen LogP contribution is -2.23. The van der Waals surface area contributed by atoms with Gasteiger partial charge in [0.1, 0.15) is 5.82 Å². The number of amides is 2. The Kier molecular flexibility index (Phi) is 4.76. The maximum atomic E-state index is 12.8. The molecule has 0 bridgehead atoms. The summed E-state index contributed by atoms with van der Waals surface area (Å²) in [5.41, 5.74) is 3.34. The summed E-state index contributed by atoms with van der Waals surface area (Å²) < 4.78 is 12.1. The molecule has 0 fully saturated rings. The van der Waals surface area contributed by atoms with Gasteiger partial charge >= 0.3 is 6.03 Å². The average Bonchev–Trinajstić information content (AvgIpc) is 3.59. The van der Waals surface area contributed by atoms with Crippen LogP contribution in [0.4, 0.5) is 16.3 Å².